The number of likely N-dealkylation sites (N-methyl/N-ethyl adjacent to an activating group) is 1. The van der Waals surface area contributed by atoms with Crippen LogP contribution in [0.15, 0.2) is 23.1 Å². The second-order valence-electron chi connectivity index (χ2n) is 4.35. The summed E-state index contributed by atoms with van der Waals surface area (Å²) in [7, 11) is -1.07. The number of methoxy groups -OCH3 is 1. The molecule has 114 valence electrons. The Morgan fingerprint density at radius 1 is 1.50 bits per heavy atom. The van der Waals surface area contributed by atoms with E-state index in [1.54, 1.807) is 0 Å². The van der Waals surface area contributed by atoms with E-state index < -0.39 is 21.9 Å². The fourth-order valence-corrected chi connectivity index (χ4v) is 2.95. The molecule has 0 amide bonds. The van der Waals surface area contributed by atoms with Crippen molar-refractivity contribution < 1.29 is 22.7 Å². The minimum absolute atomic E-state index is 0.0251. The topological polar surface area (TPSA) is 92.9 Å². The van der Waals surface area contributed by atoms with Crippen LogP contribution in [0.4, 0.5) is 4.39 Å². The van der Waals surface area contributed by atoms with E-state index in [1.165, 1.54) is 26.3 Å². The Balaban J connectivity index is 2.98. The first-order valence-corrected chi connectivity index (χ1v) is 7.38. The molecule has 20 heavy (non-hydrogen) atoms. The second-order valence-corrected chi connectivity index (χ2v) is 6.40. The van der Waals surface area contributed by atoms with Crippen LogP contribution in [0.1, 0.15) is 5.56 Å². The number of aliphatic hydroxyl groups is 1. The van der Waals surface area contributed by atoms with E-state index in [-0.39, 0.29) is 30.2 Å². The van der Waals surface area contributed by atoms with Gasteiger partial charge >= 0.3 is 0 Å². The molecule has 8 heteroatoms. The van der Waals surface area contributed by atoms with Crippen LogP contribution in [0.5, 0.6) is 0 Å². The first kappa shape index (κ1) is 17.0. The van der Waals surface area contributed by atoms with Crippen molar-refractivity contribution in [1.29, 1.82) is 0 Å². The monoisotopic (exact) mass is 306 g/mol. The van der Waals surface area contributed by atoms with Gasteiger partial charge in [0.2, 0.25) is 10.0 Å². The number of ether oxygens (including phenoxy) is 1. The molecule has 0 heterocycles. The molecule has 0 aliphatic rings. The van der Waals surface area contributed by atoms with Crippen LogP contribution < -0.4 is 5.73 Å². The first-order chi connectivity index (χ1) is 9.32. The number of benzene rings is 1. The summed E-state index contributed by atoms with van der Waals surface area (Å²) in [4.78, 5) is -0.0635. The zero-order chi connectivity index (χ0) is 15.3. The highest BCUT2D eigenvalue weighted by molar-refractivity contribution is 7.89. The summed E-state index contributed by atoms with van der Waals surface area (Å²) < 4.78 is 43.6. The van der Waals surface area contributed by atoms with Crippen molar-refractivity contribution in [3.63, 3.8) is 0 Å². The van der Waals surface area contributed by atoms with Crippen LogP contribution in [-0.4, -0.2) is 51.2 Å². The van der Waals surface area contributed by atoms with Crippen molar-refractivity contribution >= 4 is 10.0 Å². The van der Waals surface area contributed by atoms with Gasteiger partial charge in [0.15, 0.2) is 0 Å². The lowest BCUT2D eigenvalue weighted by Gasteiger charge is -2.20. The van der Waals surface area contributed by atoms with Gasteiger partial charge in [-0.05, 0) is 18.2 Å². The molecule has 0 aliphatic carbocycles. The average Bonchev–Trinajstić information content (AvgIpc) is 2.39. The molecule has 0 saturated heterocycles. The SMILES string of the molecule is COCC(O)CN(C)S(=O)(=O)c1ccc(F)c(CN)c1. The van der Waals surface area contributed by atoms with Crippen LogP contribution in [-0.2, 0) is 21.3 Å². The lowest BCUT2D eigenvalue weighted by atomic mass is 10.2. The van der Waals surface area contributed by atoms with Crippen LogP contribution in [0.3, 0.4) is 0 Å². The largest absolute Gasteiger partial charge is 0.389 e. The summed E-state index contributed by atoms with van der Waals surface area (Å²) in [5.41, 5.74) is 5.48. The third-order valence-corrected chi connectivity index (χ3v) is 4.59. The van der Waals surface area contributed by atoms with Crippen LogP contribution >= 0.6 is 0 Å². The third-order valence-electron chi connectivity index (χ3n) is 2.77. The number of sulfonamides is 1. The number of aliphatic hydroxyl groups excluding tert-OH is 1. The Kier molecular flexibility index (Phi) is 6.03. The highest BCUT2D eigenvalue weighted by Gasteiger charge is 2.23. The molecule has 1 aromatic carbocycles. The zero-order valence-electron chi connectivity index (χ0n) is 11.4. The van der Waals surface area contributed by atoms with Gasteiger partial charge in [0, 0.05) is 32.8 Å². The van der Waals surface area contributed by atoms with E-state index in [0.29, 0.717) is 0 Å². The van der Waals surface area contributed by atoms with Gasteiger partial charge in [-0.2, -0.15) is 4.31 Å². The molecule has 0 aliphatic heterocycles. The highest BCUT2D eigenvalue weighted by atomic mass is 32.2. The van der Waals surface area contributed by atoms with Gasteiger partial charge in [0.1, 0.15) is 5.82 Å². The molecule has 0 aromatic heterocycles. The Morgan fingerprint density at radius 2 is 2.15 bits per heavy atom. The molecule has 0 radical (unpaired) electrons. The summed E-state index contributed by atoms with van der Waals surface area (Å²) in [6.45, 7) is -0.186. The minimum atomic E-state index is -3.81. The molecule has 1 unspecified atom stereocenters. The van der Waals surface area contributed by atoms with Crippen molar-refractivity contribution in [3.8, 4) is 0 Å². The van der Waals surface area contributed by atoms with Crippen molar-refractivity contribution in [2.75, 3.05) is 27.3 Å². The van der Waals surface area contributed by atoms with Crippen molar-refractivity contribution in [1.82, 2.24) is 4.31 Å². The number of halogens is 1. The maximum Gasteiger partial charge on any atom is 0.242 e. The van der Waals surface area contributed by atoms with E-state index >= 15 is 0 Å². The normalized spacial score (nSPS) is 13.7. The number of hydrogen-bond donors (Lipinski definition) is 2. The molecule has 0 bridgehead atoms. The summed E-state index contributed by atoms with van der Waals surface area (Å²) in [5.74, 6) is -0.548. The quantitative estimate of drug-likeness (QED) is 0.734. The number of nitrogens with two attached hydrogens (primary N) is 1. The Bertz CT molecular complexity index is 550. The first-order valence-electron chi connectivity index (χ1n) is 5.94. The van der Waals surface area contributed by atoms with Gasteiger partial charge < -0.3 is 15.6 Å². The number of hydrogen-bond acceptors (Lipinski definition) is 5. The van der Waals surface area contributed by atoms with E-state index in [4.69, 9.17) is 10.5 Å². The second kappa shape index (κ2) is 7.09. The molecular formula is C12H19FN2O4S. The Morgan fingerprint density at radius 3 is 2.70 bits per heavy atom. The Hall–Kier alpha value is -1.06. The molecule has 0 saturated carbocycles. The summed E-state index contributed by atoms with van der Waals surface area (Å²) >= 11 is 0. The van der Waals surface area contributed by atoms with Crippen LogP contribution in [0.25, 0.3) is 0 Å². The van der Waals surface area contributed by atoms with Gasteiger partial charge in [0.05, 0.1) is 17.6 Å². The summed E-state index contributed by atoms with van der Waals surface area (Å²) in [5, 5.41) is 9.56. The van der Waals surface area contributed by atoms with Gasteiger partial charge in [-0.1, -0.05) is 0 Å². The van der Waals surface area contributed by atoms with Gasteiger partial charge in [-0.3, -0.25) is 0 Å². The molecular weight excluding hydrogens is 287 g/mol. The summed E-state index contributed by atoms with van der Waals surface area (Å²) in [6.07, 6.45) is -0.936. The number of rotatable bonds is 7. The molecule has 3 N–H and O–H groups in total. The summed E-state index contributed by atoms with van der Waals surface area (Å²) in [6, 6.07) is 3.43. The smallest absolute Gasteiger partial charge is 0.242 e. The molecule has 6 nitrogen and oxygen atoms in total. The maximum absolute atomic E-state index is 13.3. The van der Waals surface area contributed by atoms with E-state index in [9.17, 15) is 17.9 Å². The van der Waals surface area contributed by atoms with Gasteiger partial charge in [-0.25, -0.2) is 12.8 Å². The molecule has 1 aromatic rings. The lowest BCUT2D eigenvalue weighted by Crippen LogP contribution is -2.36. The fraction of sp³-hybridized carbons (Fsp3) is 0.500. The molecule has 1 rings (SSSR count). The average molecular weight is 306 g/mol. The minimum Gasteiger partial charge on any atom is -0.389 e. The van der Waals surface area contributed by atoms with Crippen molar-refractivity contribution in [2.24, 2.45) is 5.73 Å². The van der Waals surface area contributed by atoms with E-state index in [2.05, 4.69) is 0 Å². The van der Waals surface area contributed by atoms with Crippen molar-refractivity contribution in [3.05, 3.63) is 29.6 Å². The predicted octanol–water partition coefficient (Wildman–Crippen LogP) is -0.0878. The van der Waals surface area contributed by atoms with Crippen LogP contribution in [0, 0.1) is 5.82 Å². The van der Waals surface area contributed by atoms with Gasteiger partial charge in [-0.15, -0.1) is 0 Å². The predicted molar refractivity (Wildman–Crippen MR) is 72.0 cm³/mol. The highest BCUT2D eigenvalue weighted by Crippen LogP contribution is 2.18. The van der Waals surface area contributed by atoms with E-state index in [0.717, 1.165) is 10.4 Å². The lowest BCUT2D eigenvalue weighted by molar-refractivity contribution is 0.0554. The van der Waals surface area contributed by atoms with Crippen molar-refractivity contribution in [2.45, 2.75) is 17.5 Å². The fourth-order valence-electron chi connectivity index (χ4n) is 1.69. The maximum atomic E-state index is 13.3. The number of nitrogens with zero attached hydrogens (tertiary/aromatic N) is 1. The zero-order valence-corrected chi connectivity index (χ0v) is 12.2. The van der Waals surface area contributed by atoms with Crippen LogP contribution in [0.2, 0.25) is 0 Å². The molecule has 0 fully saturated rings. The third kappa shape index (κ3) is 3.97. The van der Waals surface area contributed by atoms with E-state index in [1.807, 2.05) is 0 Å². The Labute approximate surface area is 118 Å². The van der Waals surface area contributed by atoms with Gasteiger partial charge in [0.25, 0.3) is 0 Å². The molecule has 1 atom stereocenters. The standard InChI is InChI=1S/C12H19FN2O4S/c1-15(7-10(16)8-19-2)20(17,18)11-3-4-12(13)9(5-11)6-14/h3-5,10,16H,6-8,14H2,1-2H3. The molecule has 0 spiro atoms.